The van der Waals surface area contributed by atoms with Crippen LogP contribution in [0.25, 0.3) is 0 Å². The molecule has 1 saturated heterocycles. The van der Waals surface area contributed by atoms with Crippen molar-refractivity contribution in [2.24, 2.45) is 23.2 Å². The normalized spacial score (nSPS) is 28.5. The number of carbonyl (C=O) groups excluding carboxylic acids is 2. The van der Waals surface area contributed by atoms with Crippen LogP contribution in [0.4, 0.5) is 0 Å². The zero-order valence-corrected chi connectivity index (χ0v) is 17.7. The Hall–Kier alpha value is -1.62. The van der Waals surface area contributed by atoms with E-state index in [0.717, 1.165) is 25.9 Å². The van der Waals surface area contributed by atoms with Crippen LogP contribution in [0.15, 0.2) is 24.8 Å². The molecule has 0 bridgehead atoms. The molecule has 4 atom stereocenters. The Morgan fingerprint density at radius 3 is 2.36 bits per heavy atom. The van der Waals surface area contributed by atoms with E-state index in [4.69, 9.17) is 14.2 Å². The van der Waals surface area contributed by atoms with Gasteiger partial charge in [0.25, 0.3) is 0 Å². The molecule has 2 rings (SSSR count). The Morgan fingerprint density at radius 1 is 1.14 bits per heavy atom. The summed E-state index contributed by atoms with van der Waals surface area (Å²) in [6, 6.07) is 0. The van der Waals surface area contributed by atoms with Gasteiger partial charge in [-0.05, 0) is 70.1 Å². The Balaban J connectivity index is 2.28. The van der Waals surface area contributed by atoms with E-state index in [1.807, 2.05) is 6.08 Å². The van der Waals surface area contributed by atoms with E-state index >= 15 is 0 Å². The topological polar surface area (TPSA) is 61.8 Å². The second-order valence-corrected chi connectivity index (χ2v) is 7.98. The fourth-order valence-corrected chi connectivity index (χ4v) is 4.50. The minimum atomic E-state index is -1.22. The van der Waals surface area contributed by atoms with Crippen molar-refractivity contribution in [2.45, 2.75) is 65.4 Å². The maximum Gasteiger partial charge on any atom is 0.323 e. The highest BCUT2D eigenvalue weighted by atomic mass is 16.6. The van der Waals surface area contributed by atoms with Crippen molar-refractivity contribution in [1.82, 2.24) is 0 Å². The first kappa shape index (κ1) is 22.7. The quantitative estimate of drug-likeness (QED) is 0.347. The third-order valence-electron chi connectivity index (χ3n) is 6.21. The molecule has 2 aliphatic rings. The molecule has 5 nitrogen and oxygen atoms in total. The molecule has 0 N–H and O–H groups in total. The van der Waals surface area contributed by atoms with E-state index in [0.29, 0.717) is 24.7 Å². The van der Waals surface area contributed by atoms with Gasteiger partial charge in [-0.1, -0.05) is 25.2 Å². The molecule has 0 radical (unpaired) electrons. The second kappa shape index (κ2) is 10.8. The summed E-state index contributed by atoms with van der Waals surface area (Å²) in [5.74, 6) is -0.212. The van der Waals surface area contributed by atoms with Crippen molar-refractivity contribution in [1.29, 1.82) is 0 Å². The number of carbonyl (C=O) groups is 2. The molecule has 1 aliphatic heterocycles. The lowest BCUT2D eigenvalue weighted by molar-refractivity contribution is -0.177. The molecule has 5 heteroatoms. The monoisotopic (exact) mass is 392 g/mol. The van der Waals surface area contributed by atoms with E-state index in [9.17, 15) is 9.59 Å². The average molecular weight is 393 g/mol. The van der Waals surface area contributed by atoms with E-state index < -0.39 is 17.4 Å². The summed E-state index contributed by atoms with van der Waals surface area (Å²) in [5, 5.41) is 0. The van der Waals surface area contributed by atoms with E-state index in [2.05, 4.69) is 25.7 Å². The maximum absolute atomic E-state index is 12.8. The molecule has 28 heavy (non-hydrogen) atoms. The molecule has 0 aromatic heterocycles. The van der Waals surface area contributed by atoms with Crippen LogP contribution in [0.1, 0.15) is 59.3 Å². The van der Waals surface area contributed by atoms with Crippen LogP contribution in [-0.2, 0) is 23.8 Å². The van der Waals surface area contributed by atoms with Gasteiger partial charge in [0, 0.05) is 6.61 Å². The Morgan fingerprint density at radius 2 is 1.82 bits per heavy atom. The summed E-state index contributed by atoms with van der Waals surface area (Å²) in [4.78, 5) is 25.7. The van der Waals surface area contributed by atoms with Gasteiger partial charge in [-0.3, -0.25) is 9.59 Å². The van der Waals surface area contributed by atoms with Gasteiger partial charge in [-0.2, -0.15) is 0 Å². The van der Waals surface area contributed by atoms with Crippen molar-refractivity contribution in [2.75, 3.05) is 19.8 Å². The summed E-state index contributed by atoms with van der Waals surface area (Å²) in [7, 11) is 0. The molecule has 0 aromatic carbocycles. The van der Waals surface area contributed by atoms with Crippen LogP contribution in [0.5, 0.6) is 0 Å². The zero-order valence-electron chi connectivity index (χ0n) is 17.7. The molecular formula is C23H36O5. The smallest absolute Gasteiger partial charge is 0.323 e. The third kappa shape index (κ3) is 5.25. The van der Waals surface area contributed by atoms with Gasteiger partial charge in [-0.25, -0.2) is 0 Å². The number of hydrogen-bond donors (Lipinski definition) is 0. The molecular weight excluding hydrogens is 356 g/mol. The van der Waals surface area contributed by atoms with Gasteiger partial charge in [0.2, 0.25) is 0 Å². The molecule has 0 amide bonds. The predicted octanol–water partition coefficient (Wildman–Crippen LogP) is 4.46. The summed E-state index contributed by atoms with van der Waals surface area (Å²) in [6.07, 6.45) is 11.3. The average Bonchev–Trinajstić information content (AvgIpc) is 2.72. The number of rotatable bonds is 8. The summed E-state index contributed by atoms with van der Waals surface area (Å²) >= 11 is 0. The van der Waals surface area contributed by atoms with Crippen molar-refractivity contribution < 1.29 is 23.8 Å². The Kier molecular flexibility index (Phi) is 8.74. The summed E-state index contributed by atoms with van der Waals surface area (Å²) in [6.45, 7) is 10.9. The SMILES string of the molecule is C=C[C@H](C)[C@@H]1CCC(C(=O)OCC)(C(=O)OCC)C[C@H]1/C=C/[C@H]1CCCCO1. The predicted molar refractivity (Wildman–Crippen MR) is 109 cm³/mol. The highest BCUT2D eigenvalue weighted by Crippen LogP contribution is 2.47. The first-order chi connectivity index (χ1) is 13.5. The molecule has 0 aromatic rings. The van der Waals surface area contributed by atoms with Gasteiger partial charge in [0.15, 0.2) is 5.41 Å². The highest BCUT2D eigenvalue weighted by Gasteiger charge is 2.53. The van der Waals surface area contributed by atoms with Crippen LogP contribution in [0.3, 0.4) is 0 Å². The van der Waals surface area contributed by atoms with Crippen LogP contribution in [0.2, 0.25) is 0 Å². The summed E-state index contributed by atoms with van der Waals surface area (Å²) in [5.41, 5.74) is -1.22. The first-order valence-corrected chi connectivity index (χ1v) is 10.7. The Bertz CT molecular complexity index is 543. The van der Waals surface area contributed by atoms with Crippen LogP contribution >= 0.6 is 0 Å². The number of hydrogen-bond acceptors (Lipinski definition) is 5. The van der Waals surface area contributed by atoms with Crippen LogP contribution in [-0.4, -0.2) is 37.9 Å². The number of allylic oxidation sites excluding steroid dienone is 2. The third-order valence-corrected chi connectivity index (χ3v) is 6.21. The number of esters is 2. The largest absolute Gasteiger partial charge is 0.465 e. The lowest BCUT2D eigenvalue weighted by atomic mass is 9.62. The maximum atomic E-state index is 12.8. The van der Waals surface area contributed by atoms with Crippen molar-refractivity contribution in [3.63, 3.8) is 0 Å². The fourth-order valence-electron chi connectivity index (χ4n) is 4.50. The zero-order chi connectivity index (χ0) is 20.6. The van der Waals surface area contributed by atoms with Crippen molar-refractivity contribution in [3.05, 3.63) is 24.8 Å². The number of ether oxygens (including phenoxy) is 3. The molecule has 158 valence electrons. The second-order valence-electron chi connectivity index (χ2n) is 7.98. The van der Waals surface area contributed by atoms with Crippen molar-refractivity contribution in [3.8, 4) is 0 Å². The van der Waals surface area contributed by atoms with Gasteiger partial charge in [0.1, 0.15) is 0 Å². The standard InChI is InChI=1S/C23H36O5/c1-5-17(4)20-13-14-23(21(24)26-6-2,22(25)27-7-3)16-18(20)11-12-19-10-8-9-15-28-19/h5,11-12,17-20H,1,6-10,13-16H2,2-4H3/b12-11+/t17-,18+,19+,20-/m0/s1. The molecule has 0 spiro atoms. The van der Waals surface area contributed by atoms with Gasteiger partial charge in [-0.15, -0.1) is 6.58 Å². The molecule has 1 saturated carbocycles. The molecule has 2 fully saturated rings. The molecule has 0 unspecified atom stereocenters. The van der Waals surface area contributed by atoms with E-state index in [-0.39, 0.29) is 25.2 Å². The van der Waals surface area contributed by atoms with Gasteiger partial charge >= 0.3 is 11.9 Å². The van der Waals surface area contributed by atoms with Crippen molar-refractivity contribution >= 4 is 11.9 Å². The lowest BCUT2D eigenvalue weighted by Crippen LogP contribution is -2.48. The highest BCUT2D eigenvalue weighted by molar-refractivity contribution is 6.00. The van der Waals surface area contributed by atoms with Gasteiger partial charge in [0.05, 0.1) is 19.3 Å². The van der Waals surface area contributed by atoms with Crippen LogP contribution in [0, 0.1) is 23.2 Å². The molecule has 1 heterocycles. The minimum absolute atomic E-state index is 0.0705. The molecule has 1 aliphatic carbocycles. The lowest BCUT2D eigenvalue weighted by Gasteiger charge is -2.42. The minimum Gasteiger partial charge on any atom is -0.465 e. The fraction of sp³-hybridized carbons (Fsp3) is 0.739. The van der Waals surface area contributed by atoms with E-state index in [1.54, 1.807) is 13.8 Å². The Labute approximate surface area is 169 Å². The van der Waals surface area contributed by atoms with Crippen LogP contribution < -0.4 is 0 Å². The summed E-state index contributed by atoms with van der Waals surface area (Å²) < 4.78 is 16.4. The first-order valence-electron chi connectivity index (χ1n) is 10.7. The van der Waals surface area contributed by atoms with E-state index in [1.165, 1.54) is 6.42 Å². The van der Waals surface area contributed by atoms with Gasteiger partial charge < -0.3 is 14.2 Å².